The summed E-state index contributed by atoms with van der Waals surface area (Å²) in [6.07, 6.45) is 3.02. The molecule has 2 aromatic heterocycles. The van der Waals surface area contributed by atoms with Crippen molar-refractivity contribution in [2.75, 3.05) is 11.9 Å². The van der Waals surface area contributed by atoms with E-state index in [1.807, 2.05) is 13.8 Å². The van der Waals surface area contributed by atoms with Crippen LogP contribution in [0.15, 0.2) is 29.3 Å². The molecule has 1 N–H and O–H groups in total. The van der Waals surface area contributed by atoms with Crippen LogP contribution in [0.1, 0.15) is 29.8 Å². The van der Waals surface area contributed by atoms with Gasteiger partial charge >= 0.3 is 0 Å². The molecule has 128 valence electrons. The lowest BCUT2D eigenvalue weighted by Gasteiger charge is -2.11. The number of aryl methyl sites for hydroxylation is 2. The Morgan fingerprint density at radius 2 is 2.17 bits per heavy atom. The highest BCUT2D eigenvalue weighted by atomic mass is 35.5. The predicted octanol–water partition coefficient (Wildman–Crippen LogP) is 3.03. The summed E-state index contributed by atoms with van der Waals surface area (Å²) in [6, 6.07) is 3.23. The molecule has 1 amide bonds. The summed E-state index contributed by atoms with van der Waals surface area (Å²) in [5, 5.41) is 2.87. The third-order valence-corrected chi connectivity index (χ3v) is 3.61. The van der Waals surface area contributed by atoms with Crippen LogP contribution in [0.2, 0.25) is 5.02 Å². The van der Waals surface area contributed by atoms with Gasteiger partial charge in [0, 0.05) is 19.4 Å². The number of pyridine rings is 2. The first-order chi connectivity index (χ1) is 11.3. The molecule has 2 heterocycles. The second-order valence-corrected chi connectivity index (χ2v) is 6.37. The van der Waals surface area contributed by atoms with Crippen LogP contribution in [0.5, 0.6) is 5.88 Å². The lowest BCUT2D eigenvalue weighted by molar-refractivity contribution is 0.102. The Morgan fingerprint density at radius 3 is 2.79 bits per heavy atom. The van der Waals surface area contributed by atoms with Crippen molar-refractivity contribution < 1.29 is 9.53 Å². The van der Waals surface area contributed by atoms with Crippen molar-refractivity contribution in [3.8, 4) is 5.88 Å². The van der Waals surface area contributed by atoms with E-state index in [9.17, 15) is 9.59 Å². The standard InChI is InChI=1S/C17H20ClN3O3/c1-10(2)9-24-16-13(18)7-12(8-19-16)15(22)20-14-11(3)5-6-21(4)17(14)23/h5-8,10H,9H2,1-4H3,(H,20,22). The van der Waals surface area contributed by atoms with Crippen molar-refractivity contribution in [3.05, 3.63) is 51.0 Å². The molecule has 0 aliphatic carbocycles. The first-order valence-corrected chi connectivity index (χ1v) is 7.93. The molecule has 0 aliphatic rings. The lowest BCUT2D eigenvalue weighted by atomic mass is 10.2. The van der Waals surface area contributed by atoms with Crippen LogP contribution >= 0.6 is 11.6 Å². The molecule has 2 rings (SSSR count). The summed E-state index contributed by atoms with van der Waals surface area (Å²) in [5.74, 6) is 0.169. The lowest BCUT2D eigenvalue weighted by Crippen LogP contribution is -2.25. The number of hydrogen-bond donors (Lipinski definition) is 1. The molecule has 0 aliphatic heterocycles. The van der Waals surface area contributed by atoms with Gasteiger partial charge < -0.3 is 14.6 Å². The summed E-state index contributed by atoms with van der Waals surface area (Å²) in [5.41, 5.74) is 0.894. The molecule has 0 fully saturated rings. The first-order valence-electron chi connectivity index (χ1n) is 7.55. The zero-order valence-corrected chi connectivity index (χ0v) is 14.8. The van der Waals surface area contributed by atoms with Gasteiger partial charge in [-0.25, -0.2) is 4.98 Å². The van der Waals surface area contributed by atoms with E-state index in [4.69, 9.17) is 16.3 Å². The number of carbonyl (C=O) groups is 1. The number of rotatable bonds is 5. The van der Waals surface area contributed by atoms with Crippen molar-refractivity contribution in [2.45, 2.75) is 20.8 Å². The molecule has 0 radical (unpaired) electrons. The topological polar surface area (TPSA) is 73.2 Å². The minimum atomic E-state index is -0.453. The Labute approximate surface area is 145 Å². The molecule has 0 bridgehead atoms. The van der Waals surface area contributed by atoms with E-state index in [1.165, 1.54) is 16.8 Å². The highest BCUT2D eigenvalue weighted by molar-refractivity contribution is 6.32. The van der Waals surface area contributed by atoms with Crippen LogP contribution < -0.4 is 15.6 Å². The fraction of sp³-hybridized carbons (Fsp3) is 0.353. The van der Waals surface area contributed by atoms with Crippen molar-refractivity contribution in [2.24, 2.45) is 13.0 Å². The highest BCUT2D eigenvalue weighted by Gasteiger charge is 2.14. The number of hydrogen-bond acceptors (Lipinski definition) is 4. The minimum absolute atomic E-state index is 0.237. The fourth-order valence-corrected chi connectivity index (χ4v) is 2.18. The largest absolute Gasteiger partial charge is 0.476 e. The van der Waals surface area contributed by atoms with E-state index in [0.717, 1.165) is 0 Å². The summed E-state index contributed by atoms with van der Waals surface area (Å²) >= 11 is 6.11. The average Bonchev–Trinajstić information content (AvgIpc) is 2.53. The average molecular weight is 350 g/mol. The fourth-order valence-electron chi connectivity index (χ4n) is 1.96. The van der Waals surface area contributed by atoms with Crippen LogP contribution in [0.3, 0.4) is 0 Å². The van der Waals surface area contributed by atoms with Crippen molar-refractivity contribution in [1.82, 2.24) is 9.55 Å². The molecule has 2 aromatic rings. The van der Waals surface area contributed by atoms with Gasteiger partial charge in [-0.3, -0.25) is 9.59 Å². The number of amides is 1. The monoisotopic (exact) mass is 349 g/mol. The summed E-state index contributed by atoms with van der Waals surface area (Å²) in [6.45, 7) is 6.26. The number of aromatic nitrogens is 2. The van der Waals surface area contributed by atoms with E-state index < -0.39 is 5.91 Å². The molecule has 0 saturated heterocycles. The third kappa shape index (κ3) is 4.14. The molecule has 0 saturated carbocycles. The number of nitrogens with zero attached hydrogens (tertiary/aromatic N) is 2. The van der Waals surface area contributed by atoms with Gasteiger partial charge in [-0.05, 0) is 30.5 Å². The molecule has 0 aromatic carbocycles. The number of carbonyl (C=O) groups excluding carboxylic acids is 1. The Hall–Kier alpha value is -2.34. The molecule has 0 spiro atoms. The summed E-state index contributed by atoms with van der Waals surface area (Å²) in [4.78, 5) is 28.6. The van der Waals surface area contributed by atoms with Gasteiger partial charge in [-0.2, -0.15) is 0 Å². The number of halogens is 1. The molecule has 0 atom stereocenters. The zero-order valence-electron chi connectivity index (χ0n) is 14.1. The van der Waals surface area contributed by atoms with Gasteiger partial charge in [0.25, 0.3) is 11.5 Å². The molecule has 24 heavy (non-hydrogen) atoms. The van der Waals surface area contributed by atoms with E-state index in [1.54, 1.807) is 26.2 Å². The Bertz CT molecular complexity index is 815. The van der Waals surface area contributed by atoms with E-state index in [0.29, 0.717) is 18.1 Å². The van der Waals surface area contributed by atoms with Gasteiger partial charge in [0.2, 0.25) is 5.88 Å². The van der Waals surface area contributed by atoms with Crippen LogP contribution in [-0.2, 0) is 7.05 Å². The van der Waals surface area contributed by atoms with Gasteiger partial charge in [0.05, 0.1) is 12.2 Å². The maximum Gasteiger partial charge on any atom is 0.274 e. The van der Waals surface area contributed by atoms with Crippen LogP contribution in [-0.4, -0.2) is 22.1 Å². The third-order valence-electron chi connectivity index (χ3n) is 3.34. The van der Waals surface area contributed by atoms with Crippen molar-refractivity contribution >= 4 is 23.2 Å². The Morgan fingerprint density at radius 1 is 1.46 bits per heavy atom. The van der Waals surface area contributed by atoms with Crippen LogP contribution in [0.25, 0.3) is 0 Å². The summed E-state index contributed by atoms with van der Waals surface area (Å²) in [7, 11) is 1.62. The SMILES string of the molecule is Cc1ccn(C)c(=O)c1NC(=O)c1cnc(OCC(C)C)c(Cl)c1. The molecular weight excluding hydrogens is 330 g/mol. The molecule has 0 unspecified atom stereocenters. The van der Waals surface area contributed by atoms with E-state index in [2.05, 4.69) is 10.3 Å². The maximum atomic E-state index is 12.4. The van der Waals surface area contributed by atoms with Crippen LogP contribution in [0, 0.1) is 12.8 Å². The Kier molecular flexibility index (Phi) is 5.62. The first kappa shape index (κ1) is 18.0. The zero-order chi connectivity index (χ0) is 17.9. The van der Waals surface area contributed by atoms with Crippen LogP contribution in [0.4, 0.5) is 5.69 Å². The number of anilines is 1. The molecule has 7 heteroatoms. The van der Waals surface area contributed by atoms with Gasteiger partial charge in [-0.15, -0.1) is 0 Å². The molecule has 6 nitrogen and oxygen atoms in total. The highest BCUT2D eigenvalue weighted by Crippen LogP contribution is 2.23. The molecular formula is C17H20ClN3O3. The number of nitrogens with one attached hydrogen (secondary N) is 1. The van der Waals surface area contributed by atoms with Gasteiger partial charge in [0.1, 0.15) is 10.7 Å². The second-order valence-electron chi connectivity index (χ2n) is 5.96. The van der Waals surface area contributed by atoms with E-state index >= 15 is 0 Å². The minimum Gasteiger partial charge on any atom is -0.476 e. The summed E-state index contributed by atoms with van der Waals surface area (Å²) < 4.78 is 6.88. The Balaban J connectivity index is 2.21. The van der Waals surface area contributed by atoms with E-state index in [-0.39, 0.29) is 27.7 Å². The van der Waals surface area contributed by atoms with Crippen molar-refractivity contribution in [1.29, 1.82) is 0 Å². The number of ether oxygens (including phenoxy) is 1. The predicted molar refractivity (Wildman–Crippen MR) is 94.0 cm³/mol. The van der Waals surface area contributed by atoms with Gasteiger partial charge in [0.15, 0.2) is 0 Å². The quantitative estimate of drug-likeness (QED) is 0.900. The second kappa shape index (κ2) is 7.49. The smallest absolute Gasteiger partial charge is 0.274 e. The normalized spacial score (nSPS) is 10.8. The van der Waals surface area contributed by atoms with Gasteiger partial charge in [-0.1, -0.05) is 25.4 Å². The van der Waals surface area contributed by atoms with Crippen molar-refractivity contribution in [3.63, 3.8) is 0 Å². The maximum absolute atomic E-state index is 12.4.